The zero-order valence-electron chi connectivity index (χ0n) is 11.0. The minimum Gasteiger partial charge on any atom is -0.469 e. The average Bonchev–Trinajstić information content (AvgIpc) is 3.07. The highest BCUT2D eigenvalue weighted by Crippen LogP contribution is 2.35. The first-order valence-electron chi connectivity index (χ1n) is 6.37. The molecule has 0 unspecified atom stereocenters. The maximum Gasteiger partial charge on any atom is 0.230 e. The number of anilines is 1. The van der Waals surface area contributed by atoms with Crippen LogP contribution in [-0.2, 0) is 12.8 Å². The lowest BCUT2D eigenvalue weighted by Gasteiger charge is -2.05. The fourth-order valence-corrected chi connectivity index (χ4v) is 2.45. The molecule has 0 atom stereocenters. The minimum atomic E-state index is -0.407. The summed E-state index contributed by atoms with van der Waals surface area (Å²) in [6, 6.07) is 7.83. The number of rotatable bonds is 4. The van der Waals surface area contributed by atoms with Crippen molar-refractivity contribution in [1.29, 1.82) is 0 Å². The number of aryl methyl sites for hydroxylation is 2. The first-order valence-corrected chi connectivity index (χ1v) is 6.75. The van der Waals surface area contributed by atoms with E-state index in [4.69, 9.17) is 26.3 Å². The Kier molecular flexibility index (Phi) is 3.66. The van der Waals surface area contributed by atoms with Crippen molar-refractivity contribution in [3.63, 3.8) is 0 Å². The van der Waals surface area contributed by atoms with Crippen molar-refractivity contribution in [3.05, 3.63) is 58.9 Å². The molecular weight excluding hydrogens is 295 g/mol. The van der Waals surface area contributed by atoms with Crippen LogP contribution in [0.2, 0.25) is 5.02 Å². The highest BCUT2D eigenvalue weighted by Gasteiger charge is 2.18. The lowest BCUT2D eigenvalue weighted by Crippen LogP contribution is -1.95. The molecule has 0 fully saturated rings. The van der Waals surface area contributed by atoms with E-state index in [-0.39, 0.29) is 10.9 Å². The van der Waals surface area contributed by atoms with E-state index in [1.54, 1.807) is 12.3 Å². The Labute approximate surface area is 125 Å². The molecule has 2 aromatic heterocycles. The van der Waals surface area contributed by atoms with E-state index in [9.17, 15) is 4.39 Å². The molecular formula is C15H12ClFN2O2. The predicted octanol–water partition coefficient (Wildman–Crippen LogP) is 4.09. The zero-order chi connectivity index (χ0) is 14.8. The van der Waals surface area contributed by atoms with Crippen molar-refractivity contribution >= 4 is 17.5 Å². The molecule has 0 aliphatic carbocycles. The lowest BCUT2D eigenvalue weighted by atomic mass is 10.0. The number of hydrogen-bond donors (Lipinski definition) is 1. The van der Waals surface area contributed by atoms with Crippen LogP contribution >= 0.6 is 11.6 Å². The number of nitrogens with zero attached hydrogens (tertiary/aromatic N) is 1. The largest absolute Gasteiger partial charge is 0.469 e. The molecule has 0 saturated heterocycles. The summed E-state index contributed by atoms with van der Waals surface area (Å²) in [4.78, 5) is 0. The van der Waals surface area contributed by atoms with Gasteiger partial charge in [0.05, 0.1) is 22.5 Å². The second-order valence-corrected chi connectivity index (χ2v) is 4.98. The molecule has 0 aliphatic heterocycles. The molecule has 0 saturated carbocycles. The molecule has 1 aromatic carbocycles. The number of furan rings is 1. The normalized spacial score (nSPS) is 11.0. The fourth-order valence-electron chi connectivity index (χ4n) is 2.19. The first-order chi connectivity index (χ1) is 10.1. The molecule has 0 aliphatic rings. The molecule has 108 valence electrons. The summed E-state index contributed by atoms with van der Waals surface area (Å²) in [5.41, 5.74) is 7.69. The van der Waals surface area contributed by atoms with Gasteiger partial charge in [0, 0.05) is 18.4 Å². The molecule has 21 heavy (non-hydrogen) atoms. The van der Waals surface area contributed by atoms with Crippen LogP contribution in [0.5, 0.6) is 0 Å². The monoisotopic (exact) mass is 306 g/mol. The van der Waals surface area contributed by atoms with E-state index in [0.29, 0.717) is 29.7 Å². The van der Waals surface area contributed by atoms with Gasteiger partial charge >= 0.3 is 0 Å². The predicted molar refractivity (Wildman–Crippen MR) is 77.4 cm³/mol. The fraction of sp³-hybridized carbons (Fsp3) is 0.133. The first kappa shape index (κ1) is 13.7. The van der Waals surface area contributed by atoms with Gasteiger partial charge in [0.2, 0.25) is 5.88 Å². The molecule has 0 amide bonds. The average molecular weight is 307 g/mol. The second kappa shape index (κ2) is 5.61. The van der Waals surface area contributed by atoms with Crippen LogP contribution in [0.3, 0.4) is 0 Å². The van der Waals surface area contributed by atoms with Gasteiger partial charge in [0.15, 0.2) is 0 Å². The Balaban J connectivity index is 1.93. The number of nitrogens with two attached hydrogens (primary N) is 1. The summed E-state index contributed by atoms with van der Waals surface area (Å²) >= 11 is 6.08. The van der Waals surface area contributed by atoms with Crippen LogP contribution in [0, 0.1) is 5.82 Å². The summed E-state index contributed by atoms with van der Waals surface area (Å²) in [5.74, 6) is 0.599. The Morgan fingerprint density at radius 3 is 2.81 bits per heavy atom. The van der Waals surface area contributed by atoms with Crippen LogP contribution in [0.4, 0.5) is 10.3 Å². The van der Waals surface area contributed by atoms with Crippen molar-refractivity contribution < 1.29 is 13.3 Å². The van der Waals surface area contributed by atoms with Crippen molar-refractivity contribution in [2.45, 2.75) is 12.8 Å². The molecule has 3 aromatic rings. The van der Waals surface area contributed by atoms with Crippen molar-refractivity contribution in [2.24, 2.45) is 0 Å². The van der Waals surface area contributed by atoms with Gasteiger partial charge < -0.3 is 14.7 Å². The maximum absolute atomic E-state index is 13.2. The van der Waals surface area contributed by atoms with E-state index < -0.39 is 5.82 Å². The molecule has 2 N–H and O–H groups in total. The van der Waals surface area contributed by atoms with E-state index in [1.165, 1.54) is 12.1 Å². The highest BCUT2D eigenvalue weighted by atomic mass is 35.5. The third kappa shape index (κ3) is 2.78. The van der Waals surface area contributed by atoms with Crippen LogP contribution in [0.25, 0.3) is 11.1 Å². The molecule has 0 bridgehead atoms. The van der Waals surface area contributed by atoms with Gasteiger partial charge in [0.25, 0.3) is 0 Å². The van der Waals surface area contributed by atoms with Gasteiger partial charge in [-0.15, -0.1) is 0 Å². The smallest absolute Gasteiger partial charge is 0.230 e. The maximum atomic E-state index is 13.2. The summed E-state index contributed by atoms with van der Waals surface area (Å²) in [6.07, 6.45) is 2.85. The van der Waals surface area contributed by atoms with E-state index >= 15 is 0 Å². The van der Waals surface area contributed by atoms with Gasteiger partial charge in [-0.05, 0) is 30.3 Å². The standard InChI is InChI=1S/C15H12ClFN2O2/c16-12-8-9(17)3-5-11(12)14-13(19-21-15(14)18)6-4-10-2-1-7-20-10/h1-3,5,7-8H,4,6,18H2. The molecule has 6 heteroatoms. The molecule has 3 rings (SSSR count). The molecule has 0 spiro atoms. The summed E-state index contributed by atoms with van der Waals surface area (Å²) in [5, 5.41) is 4.23. The van der Waals surface area contributed by atoms with Crippen molar-refractivity contribution in [2.75, 3.05) is 5.73 Å². The minimum absolute atomic E-state index is 0.165. The Morgan fingerprint density at radius 2 is 2.10 bits per heavy atom. The number of halogens is 2. The van der Waals surface area contributed by atoms with Gasteiger partial charge in [-0.3, -0.25) is 0 Å². The summed E-state index contributed by atoms with van der Waals surface area (Å²) in [7, 11) is 0. The third-order valence-electron chi connectivity index (χ3n) is 3.18. The number of benzene rings is 1. The van der Waals surface area contributed by atoms with Gasteiger partial charge in [-0.25, -0.2) is 4.39 Å². The highest BCUT2D eigenvalue weighted by molar-refractivity contribution is 6.33. The van der Waals surface area contributed by atoms with Gasteiger partial charge in [-0.1, -0.05) is 16.8 Å². The van der Waals surface area contributed by atoms with Crippen LogP contribution in [-0.4, -0.2) is 5.16 Å². The van der Waals surface area contributed by atoms with Crippen LogP contribution in [0.1, 0.15) is 11.5 Å². The summed E-state index contributed by atoms with van der Waals surface area (Å²) < 4.78 is 23.5. The van der Waals surface area contributed by atoms with Crippen LogP contribution in [0.15, 0.2) is 45.5 Å². The van der Waals surface area contributed by atoms with Crippen LogP contribution < -0.4 is 5.73 Å². The third-order valence-corrected chi connectivity index (χ3v) is 3.49. The quantitative estimate of drug-likeness (QED) is 0.788. The number of aromatic nitrogens is 1. The summed E-state index contributed by atoms with van der Waals surface area (Å²) in [6.45, 7) is 0. The van der Waals surface area contributed by atoms with Gasteiger partial charge in [-0.2, -0.15) is 0 Å². The Morgan fingerprint density at radius 1 is 1.24 bits per heavy atom. The topological polar surface area (TPSA) is 65.2 Å². The van der Waals surface area contributed by atoms with Crippen molar-refractivity contribution in [1.82, 2.24) is 5.16 Å². The van der Waals surface area contributed by atoms with Crippen molar-refractivity contribution in [3.8, 4) is 11.1 Å². The SMILES string of the molecule is Nc1onc(CCc2ccco2)c1-c1ccc(F)cc1Cl. The second-order valence-electron chi connectivity index (χ2n) is 4.57. The lowest BCUT2D eigenvalue weighted by molar-refractivity contribution is 0.425. The van der Waals surface area contributed by atoms with E-state index in [0.717, 1.165) is 5.76 Å². The van der Waals surface area contributed by atoms with E-state index in [2.05, 4.69) is 5.16 Å². The zero-order valence-corrected chi connectivity index (χ0v) is 11.7. The molecule has 4 nitrogen and oxygen atoms in total. The van der Waals surface area contributed by atoms with Gasteiger partial charge in [0.1, 0.15) is 11.6 Å². The Bertz CT molecular complexity index is 753. The molecule has 2 heterocycles. The van der Waals surface area contributed by atoms with E-state index in [1.807, 2.05) is 12.1 Å². The number of hydrogen-bond acceptors (Lipinski definition) is 4. The Hall–Kier alpha value is -2.27. The molecule has 0 radical (unpaired) electrons. The number of nitrogen functional groups attached to an aromatic ring is 1.